The van der Waals surface area contributed by atoms with E-state index in [4.69, 9.17) is 0 Å². The Morgan fingerprint density at radius 3 is 2.47 bits per heavy atom. The van der Waals surface area contributed by atoms with Gasteiger partial charge in [0.2, 0.25) is 0 Å². The Morgan fingerprint density at radius 1 is 0.667 bits per heavy atom. The van der Waals surface area contributed by atoms with Crippen LogP contribution in [0.15, 0.2) is 73.7 Å². The first-order valence-corrected chi connectivity index (χ1v) is 9.36. The molecule has 0 fully saturated rings. The summed E-state index contributed by atoms with van der Waals surface area (Å²) in [6.07, 6.45) is 12.2. The second-order valence-corrected chi connectivity index (χ2v) is 6.82. The van der Waals surface area contributed by atoms with Crippen molar-refractivity contribution >= 4 is 22.1 Å². The molecular formula is C22H14N8. The van der Waals surface area contributed by atoms with Crippen LogP contribution in [0.1, 0.15) is 0 Å². The maximum Gasteiger partial charge on any atom is 0.155 e. The van der Waals surface area contributed by atoms with Crippen LogP contribution < -0.4 is 0 Å². The van der Waals surface area contributed by atoms with E-state index in [2.05, 4.69) is 46.2 Å². The first-order chi connectivity index (χ1) is 14.9. The van der Waals surface area contributed by atoms with Crippen LogP contribution in [0, 0.1) is 0 Å². The third-order valence-electron chi connectivity index (χ3n) is 5.05. The Bertz CT molecular complexity index is 1490. The van der Waals surface area contributed by atoms with Gasteiger partial charge in [0.05, 0.1) is 17.6 Å². The van der Waals surface area contributed by atoms with Gasteiger partial charge in [0, 0.05) is 53.5 Å². The summed E-state index contributed by atoms with van der Waals surface area (Å²) in [4.78, 5) is 25.0. The van der Waals surface area contributed by atoms with E-state index in [-0.39, 0.29) is 0 Å². The van der Waals surface area contributed by atoms with E-state index in [1.807, 2.05) is 24.3 Å². The summed E-state index contributed by atoms with van der Waals surface area (Å²) in [7, 11) is 0. The zero-order chi connectivity index (χ0) is 19.9. The average molecular weight is 390 g/mol. The molecule has 0 radical (unpaired) electrons. The van der Waals surface area contributed by atoms with Gasteiger partial charge in [-0.25, -0.2) is 9.97 Å². The van der Waals surface area contributed by atoms with Gasteiger partial charge in [0.1, 0.15) is 11.3 Å². The Labute approximate surface area is 170 Å². The first-order valence-electron chi connectivity index (χ1n) is 9.36. The summed E-state index contributed by atoms with van der Waals surface area (Å²) >= 11 is 0. The highest BCUT2D eigenvalue weighted by atomic mass is 15.2. The predicted molar refractivity (Wildman–Crippen MR) is 113 cm³/mol. The number of nitrogens with one attached hydrogen (secondary N) is 2. The molecule has 8 nitrogen and oxygen atoms in total. The van der Waals surface area contributed by atoms with Crippen molar-refractivity contribution in [3.8, 4) is 33.8 Å². The molecule has 0 saturated carbocycles. The minimum atomic E-state index is 0.707. The number of rotatable bonds is 3. The lowest BCUT2D eigenvalue weighted by Crippen LogP contribution is -1.86. The molecule has 0 atom stereocenters. The molecule has 6 aromatic rings. The van der Waals surface area contributed by atoms with E-state index in [0.717, 1.165) is 50.2 Å². The molecule has 8 heteroatoms. The van der Waals surface area contributed by atoms with Crippen molar-refractivity contribution in [3.05, 3.63) is 73.7 Å². The molecule has 0 bridgehead atoms. The maximum atomic E-state index is 4.51. The van der Waals surface area contributed by atoms with E-state index in [1.54, 1.807) is 43.4 Å². The Balaban J connectivity index is 1.52. The van der Waals surface area contributed by atoms with Gasteiger partial charge in [-0.15, -0.1) is 0 Å². The number of hydrogen-bond acceptors (Lipinski definition) is 6. The van der Waals surface area contributed by atoms with E-state index < -0.39 is 0 Å². The number of fused-ring (bicyclic) bond motifs is 2. The van der Waals surface area contributed by atoms with Gasteiger partial charge in [0.15, 0.2) is 5.65 Å². The molecule has 0 aliphatic rings. The van der Waals surface area contributed by atoms with Gasteiger partial charge in [-0.05, 0) is 41.5 Å². The molecule has 0 aromatic carbocycles. The zero-order valence-electron chi connectivity index (χ0n) is 15.6. The molecular weight excluding hydrogens is 376 g/mol. The van der Waals surface area contributed by atoms with Crippen molar-refractivity contribution in [1.82, 2.24) is 40.1 Å². The molecule has 6 rings (SSSR count). The molecule has 0 aliphatic heterocycles. The van der Waals surface area contributed by atoms with Crippen LogP contribution in [0.2, 0.25) is 0 Å². The molecule has 0 aliphatic carbocycles. The largest absolute Gasteiger partial charge is 0.338 e. The number of H-pyrrole nitrogens is 2. The fraction of sp³-hybridized carbons (Fsp3) is 0. The van der Waals surface area contributed by atoms with Crippen LogP contribution in [0.3, 0.4) is 0 Å². The predicted octanol–water partition coefficient (Wildman–Crippen LogP) is 4.02. The Kier molecular flexibility index (Phi) is 3.60. The SMILES string of the molecule is c1cc(-c2ccnc3[nH]c(-c4n[nH]c5ncc(-c6cnccn6)cc45)cc23)ccn1. The highest BCUT2D eigenvalue weighted by Gasteiger charge is 2.15. The Hall–Kier alpha value is -4.46. The van der Waals surface area contributed by atoms with Crippen molar-refractivity contribution in [2.45, 2.75) is 0 Å². The highest BCUT2D eigenvalue weighted by Crippen LogP contribution is 2.33. The normalized spacial score (nSPS) is 11.3. The van der Waals surface area contributed by atoms with Crippen molar-refractivity contribution in [2.75, 3.05) is 0 Å². The minimum absolute atomic E-state index is 0.707. The van der Waals surface area contributed by atoms with Gasteiger partial charge < -0.3 is 4.98 Å². The van der Waals surface area contributed by atoms with Gasteiger partial charge in [0.25, 0.3) is 0 Å². The zero-order valence-corrected chi connectivity index (χ0v) is 15.6. The second-order valence-electron chi connectivity index (χ2n) is 6.82. The number of hydrogen-bond donors (Lipinski definition) is 2. The summed E-state index contributed by atoms with van der Waals surface area (Å²) in [5, 5.41) is 9.44. The average Bonchev–Trinajstić information content (AvgIpc) is 3.43. The molecule has 2 N–H and O–H groups in total. The quantitative estimate of drug-likeness (QED) is 0.472. The summed E-state index contributed by atoms with van der Waals surface area (Å²) in [6, 6.07) is 10.1. The summed E-state index contributed by atoms with van der Waals surface area (Å²) in [6.45, 7) is 0. The minimum Gasteiger partial charge on any atom is -0.338 e. The molecule has 0 unspecified atom stereocenters. The standard InChI is InChI=1S/C22H14N8/c1-4-23-5-2-13(1)15-3-6-26-21-16(15)10-18(28-21)20-17-9-14(11-27-22(17)30-29-20)19-12-24-7-8-25-19/h1-12H,(H,26,28)(H,27,29,30). The second kappa shape index (κ2) is 6.56. The number of nitrogens with zero attached hydrogens (tertiary/aromatic N) is 6. The van der Waals surface area contributed by atoms with E-state index in [0.29, 0.717) is 5.65 Å². The highest BCUT2D eigenvalue weighted by molar-refractivity contribution is 5.99. The van der Waals surface area contributed by atoms with Crippen molar-refractivity contribution < 1.29 is 0 Å². The molecule has 0 spiro atoms. The smallest absolute Gasteiger partial charge is 0.155 e. The Morgan fingerprint density at radius 2 is 1.60 bits per heavy atom. The van der Waals surface area contributed by atoms with E-state index >= 15 is 0 Å². The summed E-state index contributed by atoms with van der Waals surface area (Å²) in [5.74, 6) is 0. The van der Waals surface area contributed by atoms with Gasteiger partial charge >= 0.3 is 0 Å². The third-order valence-corrected chi connectivity index (χ3v) is 5.05. The number of aromatic amines is 2. The van der Waals surface area contributed by atoms with Gasteiger partial charge in [-0.3, -0.25) is 20.1 Å². The van der Waals surface area contributed by atoms with Crippen molar-refractivity contribution in [1.29, 1.82) is 0 Å². The summed E-state index contributed by atoms with van der Waals surface area (Å²) < 4.78 is 0. The van der Waals surface area contributed by atoms with Crippen LogP contribution >= 0.6 is 0 Å². The lowest BCUT2D eigenvalue weighted by Gasteiger charge is -2.01. The molecule has 0 saturated heterocycles. The summed E-state index contributed by atoms with van der Waals surface area (Å²) in [5.41, 5.74) is 6.96. The molecule has 30 heavy (non-hydrogen) atoms. The van der Waals surface area contributed by atoms with Crippen LogP contribution in [0.5, 0.6) is 0 Å². The van der Waals surface area contributed by atoms with Crippen LogP contribution in [-0.2, 0) is 0 Å². The fourth-order valence-electron chi connectivity index (χ4n) is 3.63. The van der Waals surface area contributed by atoms with Crippen molar-refractivity contribution in [3.63, 3.8) is 0 Å². The molecule has 6 heterocycles. The van der Waals surface area contributed by atoms with Gasteiger partial charge in [-0.1, -0.05) is 0 Å². The maximum absolute atomic E-state index is 4.51. The topological polar surface area (TPSA) is 109 Å². The molecule has 0 amide bonds. The number of aromatic nitrogens is 8. The van der Waals surface area contributed by atoms with Crippen LogP contribution in [0.25, 0.3) is 55.8 Å². The number of pyridine rings is 3. The van der Waals surface area contributed by atoms with Crippen LogP contribution in [0.4, 0.5) is 0 Å². The first kappa shape index (κ1) is 16.5. The fourth-order valence-corrected chi connectivity index (χ4v) is 3.63. The molecule has 142 valence electrons. The lowest BCUT2D eigenvalue weighted by molar-refractivity contribution is 1.10. The van der Waals surface area contributed by atoms with E-state index in [1.165, 1.54) is 0 Å². The van der Waals surface area contributed by atoms with Crippen LogP contribution in [-0.4, -0.2) is 40.1 Å². The molecule has 6 aromatic heterocycles. The lowest BCUT2D eigenvalue weighted by atomic mass is 10.0. The van der Waals surface area contributed by atoms with Crippen molar-refractivity contribution in [2.24, 2.45) is 0 Å². The van der Waals surface area contributed by atoms with E-state index in [9.17, 15) is 0 Å². The monoisotopic (exact) mass is 390 g/mol. The third kappa shape index (κ3) is 2.62. The van der Waals surface area contributed by atoms with Gasteiger partial charge in [-0.2, -0.15) is 5.10 Å².